The Hall–Kier alpha value is -3.33. The summed E-state index contributed by atoms with van der Waals surface area (Å²) in [7, 11) is 1.54. The summed E-state index contributed by atoms with van der Waals surface area (Å²) in [4.78, 5) is 24.0. The molecule has 0 aliphatic carbocycles. The number of ether oxygens (including phenoxy) is 3. The molecule has 128 valence electrons. The van der Waals surface area contributed by atoms with Gasteiger partial charge in [0.2, 0.25) is 5.78 Å². The number of Topliss-reactive ketones (excluding diaryl/α,β-unsaturated/α-hetero) is 1. The number of carbonyl (C=O) groups is 2. The number of methoxy groups -OCH3 is 1. The molecule has 2 aromatic carbocycles. The van der Waals surface area contributed by atoms with Crippen LogP contribution < -0.4 is 9.47 Å². The normalized spacial score (nSPS) is 11.1. The van der Waals surface area contributed by atoms with Crippen molar-refractivity contribution >= 4 is 11.8 Å². The summed E-state index contributed by atoms with van der Waals surface area (Å²) < 4.78 is 15.4. The second kappa shape index (κ2) is 8.50. The van der Waals surface area contributed by atoms with E-state index in [0.29, 0.717) is 22.6 Å². The summed E-state index contributed by atoms with van der Waals surface area (Å²) in [6, 6.07) is 14.9. The molecule has 25 heavy (non-hydrogen) atoms. The van der Waals surface area contributed by atoms with Crippen LogP contribution in [0.4, 0.5) is 0 Å². The van der Waals surface area contributed by atoms with Crippen molar-refractivity contribution in [1.29, 1.82) is 5.26 Å². The lowest BCUT2D eigenvalue weighted by Gasteiger charge is -2.13. The number of ketones is 1. The predicted octanol–water partition coefficient (Wildman–Crippen LogP) is 2.76. The Kier molecular flexibility index (Phi) is 6.13. The summed E-state index contributed by atoms with van der Waals surface area (Å²) in [5.74, 6) is 0.107. The number of hydrogen-bond acceptors (Lipinski definition) is 6. The van der Waals surface area contributed by atoms with Gasteiger partial charge in [-0.3, -0.25) is 4.79 Å². The molecule has 0 radical (unpaired) electrons. The van der Waals surface area contributed by atoms with Crippen LogP contribution in [-0.4, -0.2) is 31.6 Å². The summed E-state index contributed by atoms with van der Waals surface area (Å²) in [5, 5.41) is 8.72. The van der Waals surface area contributed by atoms with Gasteiger partial charge in [0.05, 0.1) is 18.7 Å². The zero-order valence-electron chi connectivity index (χ0n) is 13.9. The predicted molar refractivity (Wildman–Crippen MR) is 89.5 cm³/mol. The van der Waals surface area contributed by atoms with Crippen LogP contribution in [0.3, 0.4) is 0 Å². The fourth-order valence-corrected chi connectivity index (χ4v) is 2.04. The summed E-state index contributed by atoms with van der Waals surface area (Å²) in [5.41, 5.74) is 0.919. The molecule has 6 heteroatoms. The zero-order valence-corrected chi connectivity index (χ0v) is 13.9. The van der Waals surface area contributed by atoms with Crippen LogP contribution in [0.5, 0.6) is 11.5 Å². The average Bonchev–Trinajstić information content (AvgIpc) is 2.66. The highest BCUT2D eigenvalue weighted by molar-refractivity contribution is 6.00. The fourth-order valence-electron chi connectivity index (χ4n) is 2.04. The van der Waals surface area contributed by atoms with E-state index < -0.39 is 12.1 Å². The lowest BCUT2D eigenvalue weighted by atomic mass is 10.1. The lowest BCUT2D eigenvalue weighted by Crippen LogP contribution is -2.27. The van der Waals surface area contributed by atoms with E-state index in [0.717, 1.165) is 0 Å². The van der Waals surface area contributed by atoms with Crippen molar-refractivity contribution in [1.82, 2.24) is 0 Å². The quantitative estimate of drug-likeness (QED) is 0.569. The molecule has 0 aromatic heterocycles. The molecule has 0 heterocycles. The third-order valence-electron chi connectivity index (χ3n) is 3.39. The first-order valence-corrected chi connectivity index (χ1v) is 7.54. The van der Waals surface area contributed by atoms with Crippen molar-refractivity contribution in [2.75, 3.05) is 13.7 Å². The van der Waals surface area contributed by atoms with Gasteiger partial charge in [0.1, 0.15) is 11.5 Å². The van der Waals surface area contributed by atoms with Crippen molar-refractivity contribution in [2.45, 2.75) is 13.0 Å². The number of benzene rings is 2. The van der Waals surface area contributed by atoms with Crippen LogP contribution >= 0.6 is 0 Å². The van der Waals surface area contributed by atoms with Crippen molar-refractivity contribution in [2.24, 2.45) is 0 Å². The molecule has 0 saturated carbocycles. The molecule has 1 atom stereocenters. The van der Waals surface area contributed by atoms with E-state index in [9.17, 15) is 9.59 Å². The van der Waals surface area contributed by atoms with Crippen LogP contribution in [0, 0.1) is 11.3 Å². The summed E-state index contributed by atoms with van der Waals surface area (Å²) in [6.45, 7) is 1.18. The first-order valence-electron chi connectivity index (χ1n) is 7.54. The number of rotatable bonds is 7. The molecule has 0 spiro atoms. The van der Waals surface area contributed by atoms with Gasteiger partial charge in [-0.25, -0.2) is 4.79 Å². The van der Waals surface area contributed by atoms with Gasteiger partial charge in [-0.15, -0.1) is 0 Å². The molecule has 0 unspecified atom stereocenters. The molecule has 0 aliphatic heterocycles. The van der Waals surface area contributed by atoms with Gasteiger partial charge in [-0.2, -0.15) is 5.26 Å². The minimum atomic E-state index is -0.926. The standard InChI is InChI=1S/C19H17NO5/c1-13(19(22)15-5-9-16(23-2)10-6-15)25-18(21)12-24-17-7-3-14(11-20)4-8-17/h3-10,13H,12H2,1-2H3/t13-/m0/s1. The Morgan fingerprint density at radius 3 is 2.20 bits per heavy atom. The Bertz CT molecular complexity index is 775. The van der Waals surface area contributed by atoms with E-state index in [4.69, 9.17) is 19.5 Å². The van der Waals surface area contributed by atoms with Gasteiger partial charge in [-0.05, 0) is 55.5 Å². The minimum Gasteiger partial charge on any atom is -0.497 e. The zero-order chi connectivity index (χ0) is 18.2. The van der Waals surface area contributed by atoms with Gasteiger partial charge < -0.3 is 14.2 Å². The fraction of sp³-hybridized carbons (Fsp3) is 0.211. The molecule has 0 fully saturated rings. The number of hydrogen-bond donors (Lipinski definition) is 0. The molecular formula is C19H17NO5. The van der Waals surface area contributed by atoms with Crippen molar-refractivity contribution < 1.29 is 23.8 Å². The van der Waals surface area contributed by atoms with E-state index in [2.05, 4.69) is 0 Å². The van der Waals surface area contributed by atoms with E-state index >= 15 is 0 Å². The third-order valence-corrected chi connectivity index (χ3v) is 3.39. The van der Waals surface area contributed by atoms with Crippen LogP contribution in [0.25, 0.3) is 0 Å². The SMILES string of the molecule is COc1ccc(C(=O)[C@H](C)OC(=O)COc2ccc(C#N)cc2)cc1. The van der Waals surface area contributed by atoms with Crippen molar-refractivity contribution in [3.05, 3.63) is 59.7 Å². The molecule has 0 amide bonds. The van der Waals surface area contributed by atoms with Crippen LogP contribution in [0.1, 0.15) is 22.8 Å². The van der Waals surface area contributed by atoms with Gasteiger partial charge in [0, 0.05) is 5.56 Å². The Labute approximate surface area is 145 Å². The minimum absolute atomic E-state index is 0.311. The van der Waals surface area contributed by atoms with Crippen molar-refractivity contribution in [3.63, 3.8) is 0 Å². The van der Waals surface area contributed by atoms with Crippen LogP contribution in [0.2, 0.25) is 0 Å². The molecule has 2 aromatic rings. The Balaban J connectivity index is 1.85. The maximum atomic E-state index is 12.2. The highest BCUT2D eigenvalue weighted by Gasteiger charge is 2.19. The maximum absolute atomic E-state index is 12.2. The monoisotopic (exact) mass is 339 g/mol. The number of esters is 1. The molecule has 0 saturated heterocycles. The Morgan fingerprint density at radius 1 is 1.04 bits per heavy atom. The van der Waals surface area contributed by atoms with E-state index in [-0.39, 0.29) is 12.4 Å². The highest BCUT2D eigenvalue weighted by Crippen LogP contribution is 2.14. The maximum Gasteiger partial charge on any atom is 0.344 e. The molecular weight excluding hydrogens is 322 g/mol. The van der Waals surface area contributed by atoms with Crippen LogP contribution in [0.15, 0.2) is 48.5 Å². The second-order valence-electron chi connectivity index (χ2n) is 5.15. The first-order chi connectivity index (χ1) is 12.0. The average molecular weight is 339 g/mol. The Morgan fingerprint density at radius 2 is 1.64 bits per heavy atom. The topological polar surface area (TPSA) is 85.6 Å². The molecule has 6 nitrogen and oxygen atoms in total. The van der Waals surface area contributed by atoms with E-state index in [1.54, 1.807) is 48.5 Å². The first kappa shape index (κ1) is 18.0. The molecule has 2 rings (SSSR count). The van der Waals surface area contributed by atoms with E-state index in [1.807, 2.05) is 6.07 Å². The largest absolute Gasteiger partial charge is 0.497 e. The van der Waals surface area contributed by atoms with Gasteiger partial charge in [0.15, 0.2) is 12.7 Å². The van der Waals surface area contributed by atoms with Crippen molar-refractivity contribution in [3.8, 4) is 17.6 Å². The highest BCUT2D eigenvalue weighted by atomic mass is 16.6. The number of nitriles is 1. The third kappa shape index (κ3) is 5.08. The molecule has 0 N–H and O–H groups in total. The number of nitrogens with zero attached hydrogens (tertiary/aromatic N) is 1. The summed E-state index contributed by atoms with van der Waals surface area (Å²) in [6.07, 6.45) is -0.926. The van der Waals surface area contributed by atoms with Gasteiger partial charge >= 0.3 is 5.97 Å². The molecule has 0 aliphatic rings. The lowest BCUT2D eigenvalue weighted by molar-refractivity contribution is -0.148. The van der Waals surface area contributed by atoms with E-state index in [1.165, 1.54) is 14.0 Å². The van der Waals surface area contributed by atoms with Gasteiger partial charge in [-0.1, -0.05) is 0 Å². The number of carbonyl (C=O) groups excluding carboxylic acids is 2. The smallest absolute Gasteiger partial charge is 0.344 e. The van der Waals surface area contributed by atoms with Gasteiger partial charge in [0.25, 0.3) is 0 Å². The molecule has 0 bridgehead atoms. The second-order valence-corrected chi connectivity index (χ2v) is 5.15. The summed E-state index contributed by atoms with van der Waals surface area (Å²) >= 11 is 0. The van der Waals surface area contributed by atoms with Crippen LogP contribution in [-0.2, 0) is 9.53 Å².